The van der Waals surface area contributed by atoms with Crippen molar-refractivity contribution in [1.29, 1.82) is 0 Å². The molecule has 0 heterocycles. The standard InChI is InChI=1S/C9H12Cl2N2/c1-2-8(12)6-3-5(10)4-7(11)9(6)13/h3-4,8H,2,12-13H2,1H3/t8-/m0/s1. The predicted molar refractivity (Wildman–Crippen MR) is 58.1 cm³/mol. The van der Waals surface area contributed by atoms with E-state index in [0.717, 1.165) is 12.0 Å². The topological polar surface area (TPSA) is 52.0 Å². The van der Waals surface area contributed by atoms with Crippen LogP contribution in [0.25, 0.3) is 0 Å². The normalized spacial score (nSPS) is 12.9. The van der Waals surface area contributed by atoms with Gasteiger partial charge in [0.05, 0.1) is 10.7 Å². The van der Waals surface area contributed by atoms with Gasteiger partial charge in [0.15, 0.2) is 0 Å². The summed E-state index contributed by atoms with van der Waals surface area (Å²) in [6, 6.07) is 3.28. The highest BCUT2D eigenvalue weighted by Gasteiger charge is 2.11. The minimum absolute atomic E-state index is 0.101. The Labute approximate surface area is 87.8 Å². The highest BCUT2D eigenvalue weighted by atomic mass is 35.5. The quantitative estimate of drug-likeness (QED) is 0.751. The minimum atomic E-state index is -0.101. The van der Waals surface area contributed by atoms with Crippen LogP contribution >= 0.6 is 23.2 Å². The molecule has 0 radical (unpaired) electrons. The van der Waals surface area contributed by atoms with Crippen molar-refractivity contribution in [3.8, 4) is 0 Å². The van der Waals surface area contributed by atoms with Gasteiger partial charge in [0.1, 0.15) is 0 Å². The van der Waals surface area contributed by atoms with Crippen LogP contribution in [0.3, 0.4) is 0 Å². The SMILES string of the molecule is CC[C@H](N)c1cc(Cl)cc(Cl)c1N. The number of rotatable bonds is 2. The Morgan fingerprint density at radius 3 is 2.54 bits per heavy atom. The summed E-state index contributed by atoms with van der Waals surface area (Å²) in [4.78, 5) is 0. The van der Waals surface area contributed by atoms with Gasteiger partial charge in [0, 0.05) is 11.1 Å². The van der Waals surface area contributed by atoms with Crippen LogP contribution in [0.2, 0.25) is 10.0 Å². The van der Waals surface area contributed by atoms with Gasteiger partial charge in [-0.25, -0.2) is 0 Å². The molecule has 4 N–H and O–H groups in total. The van der Waals surface area contributed by atoms with Crippen LogP contribution in [-0.4, -0.2) is 0 Å². The maximum absolute atomic E-state index is 5.86. The second-order valence-electron chi connectivity index (χ2n) is 2.91. The van der Waals surface area contributed by atoms with Crippen molar-refractivity contribution >= 4 is 28.9 Å². The van der Waals surface area contributed by atoms with Crippen molar-refractivity contribution in [1.82, 2.24) is 0 Å². The van der Waals surface area contributed by atoms with E-state index in [9.17, 15) is 0 Å². The Kier molecular flexibility index (Phi) is 3.42. The summed E-state index contributed by atoms with van der Waals surface area (Å²) < 4.78 is 0. The molecular weight excluding hydrogens is 207 g/mol. The van der Waals surface area contributed by atoms with Crippen molar-refractivity contribution < 1.29 is 0 Å². The summed E-state index contributed by atoms with van der Waals surface area (Å²) in [6.45, 7) is 1.99. The van der Waals surface area contributed by atoms with E-state index in [0.29, 0.717) is 15.7 Å². The molecule has 13 heavy (non-hydrogen) atoms. The molecule has 0 amide bonds. The molecule has 1 rings (SSSR count). The molecule has 0 spiro atoms. The lowest BCUT2D eigenvalue weighted by Gasteiger charge is -2.13. The molecule has 0 bridgehead atoms. The van der Waals surface area contributed by atoms with Gasteiger partial charge in [-0.3, -0.25) is 0 Å². The number of halogens is 2. The Bertz CT molecular complexity index is 313. The number of anilines is 1. The molecule has 0 unspecified atom stereocenters. The summed E-state index contributed by atoms with van der Waals surface area (Å²) in [6.07, 6.45) is 0.806. The smallest absolute Gasteiger partial charge is 0.0653 e. The van der Waals surface area contributed by atoms with Crippen molar-refractivity contribution in [2.45, 2.75) is 19.4 Å². The molecule has 0 saturated heterocycles. The van der Waals surface area contributed by atoms with Crippen molar-refractivity contribution in [3.63, 3.8) is 0 Å². The molecule has 4 heteroatoms. The van der Waals surface area contributed by atoms with E-state index in [2.05, 4.69) is 0 Å². The molecule has 0 aliphatic carbocycles. The van der Waals surface area contributed by atoms with Crippen LogP contribution in [-0.2, 0) is 0 Å². The molecule has 0 aliphatic heterocycles. The third kappa shape index (κ3) is 2.27. The van der Waals surface area contributed by atoms with E-state index in [4.69, 9.17) is 34.7 Å². The largest absolute Gasteiger partial charge is 0.397 e. The maximum Gasteiger partial charge on any atom is 0.0653 e. The molecule has 2 nitrogen and oxygen atoms in total. The third-order valence-corrected chi connectivity index (χ3v) is 2.50. The molecule has 1 aromatic carbocycles. The zero-order valence-corrected chi connectivity index (χ0v) is 8.86. The lowest BCUT2D eigenvalue weighted by Crippen LogP contribution is -2.11. The Balaban J connectivity index is 3.20. The molecule has 0 aromatic heterocycles. The molecule has 0 fully saturated rings. The Morgan fingerprint density at radius 2 is 2.00 bits per heavy atom. The van der Waals surface area contributed by atoms with E-state index in [-0.39, 0.29) is 6.04 Å². The van der Waals surface area contributed by atoms with Gasteiger partial charge in [-0.1, -0.05) is 30.1 Å². The van der Waals surface area contributed by atoms with E-state index < -0.39 is 0 Å². The van der Waals surface area contributed by atoms with E-state index >= 15 is 0 Å². The fraction of sp³-hybridized carbons (Fsp3) is 0.333. The fourth-order valence-electron chi connectivity index (χ4n) is 1.13. The average Bonchev–Trinajstić information content (AvgIpc) is 2.10. The molecule has 1 atom stereocenters. The third-order valence-electron chi connectivity index (χ3n) is 1.97. The molecular formula is C9H12Cl2N2. The first kappa shape index (κ1) is 10.6. The highest BCUT2D eigenvalue weighted by Crippen LogP contribution is 2.31. The van der Waals surface area contributed by atoms with Gasteiger partial charge >= 0.3 is 0 Å². The highest BCUT2D eigenvalue weighted by molar-refractivity contribution is 6.36. The summed E-state index contributed by atoms with van der Waals surface area (Å²) in [5.41, 5.74) is 12.9. The van der Waals surface area contributed by atoms with Crippen LogP contribution in [0.4, 0.5) is 5.69 Å². The Morgan fingerprint density at radius 1 is 1.38 bits per heavy atom. The van der Waals surface area contributed by atoms with E-state index in [1.807, 2.05) is 6.92 Å². The van der Waals surface area contributed by atoms with Gasteiger partial charge in [-0.15, -0.1) is 0 Å². The average molecular weight is 219 g/mol. The number of hydrogen-bond donors (Lipinski definition) is 2. The van der Waals surface area contributed by atoms with Gasteiger partial charge < -0.3 is 11.5 Å². The fourth-order valence-corrected chi connectivity index (χ4v) is 1.64. The molecule has 0 aliphatic rings. The Hall–Kier alpha value is -0.440. The first-order valence-electron chi connectivity index (χ1n) is 4.06. The van der Waals surface area contributed by atoms with Crippen LogP contribution in [0.5, 0.6) is 0 Å². The van der Waals surface area contributed by atoms with Crippen LogP contribution in [0, 0.1) is 0 Å². The first-order chi connectivity index (χ1) is 6.06. The number of nitrogens with two attached hydrogens (primary N) is 2. The number of nitrogen functional groups attached to an aromatic ring is 1. The zero-order chi connectivity index (χ0) is 10.0. The lowest BCUT2D eigenvalue weighted by molar-refractivity contribution is 0.701. The summed E-state index contributed by atoms with van der Waals surface area (Å²) in [5, 5.41) is 1.03. The van der Waals surface area contributed by atoms with Gasteiger partial charge in [0.25, 0.3) is 0 Å². The van der Waals surface area contributed by atoms with Crippen molar-refractivity contribution in [2.75, 3.05) is 5.73 Å². The van der Waals surface area contributed by atoms with Gasteiger partial charge in [-0.2, -0.15) is 0 Å². The second-order valence-corrected chi connectivity index (χ2v) is 3.75. The second kappa shape index (κ2) is 4.18. The summed E-state index contributed by atoms with van der Waals surface area (Å²) >= 11 is 11.7. The van der Waals surface area contributed by atoms with Crippen molar-refractivity contribution in [3.05, 3.63) is 27.7 Å². The van der Waals surface area contributed by atoms with Crippen molar-refractivity contribution in [2.24, 2.45) is 5.73 Å². The van der Waals surface area contributed by atoms with E-state index in [1.165, 1.54) is 0 Å². The van der Waals surface area contributed by atoms with Crippen LogP contribution in [0.15, 0.2) is 12.1 Å². The molecule has 1 aromatic rings. The van der Waals surface area contributed by atoms with Gasteiger partial charge in [0.2, 0.25) is 0 Å². The number of hydrogen-bond acceptors (Lipinski definition) is 2. The molecule has 72 valence electrons. The van der Waals surface area contributed by atoms with Crippen LogP contribution < -0.4 is 11.5 Å². The monoisotopic (exact) mass is 218 g/mol. The maximum atomic E-state index is 5.86. The van der Waals surface area contributed by atoms with Crippen LogP contribution in [0.1, 0.15) is 24.9 Å². The number of benzene rings is 1. The zero-order valence-electron chi connectivity index (χ0n) is 7.35. The molecule has 0 saturated carbocycles. The van der Waals surface area contributed by atoms with E-state index in [1.54, 1.807) is 12.1 Å². The lowest BCUT2D eigenvalue weighted by atomic mass is 10.0. The summed E-state index contributed by atoms with van der Waals surface area (Å²) in [5.74, 6) is 0. The minimum Gasteiger partial charge on any atom is -0.397 e. The van der Waals surface area contributed by atoms with Gasteiger partial charge in [-0.05, 0) is 24.1 Å². The predicted octanol–water partition coefficient (Wildman–Crippen LogP) is 2.99. The summed E-state index contributed by atoms with van der Waals surface area (Å²) in [7, 11) is 0. The first-order valence-corrected chi connectivity index (χ1v) is 4.81.